The third-order valence-electron chi connectivity index (χ3n) is 4.08. The van der Waals surface area contributed by atoms with E-state index < -0.39 is 39.7 Å². The second kappa shape index (κ2) is 11.0. The minimum Gasteiger partial charge on any atom is -0.480 e. The van der Waals surface area contributed by atoms with Gasteiger partial charge in [0.15, 0.2) is 5.96 Å². The average molecular weight is 486 g/mol. The summed E-state index contributed by atoms with van der Waals surface area (Å²) in [4.78, 5) is 24.7. The highest BCUT2D eigenvalue weighted by atomic mass is 32.2. The summed E-state index contributed by atoms with van der Waals surface area (Å²) in [5.74, 6) is -2.97. The Bertz CT molecular complexity index is 989. The van der Waals surface area contributed by atoms with E-state index in [1.54, 1.807) is 6.92 Å². The number of aliphatic carboxylic acids is 1. The van der Waals surface area contributed by atoms with Crippen LogP contribution in [0.25, 0.3) is 0 Å². The molecule has 0 spiro atoms. The largest absolute Gasteiger partial charge is 0.480 e. The predicted molar refractivity (Wildman–Crippen MR) is 121 cm³/mol. The molecule has 184 valence electrons. The lowest BCUT2D eigenvalue weighted by atomic mass is 10.1. The van der Waals surface area contributed by atoms with E-state index in [1.165, 1.54) is 45.0 Å². The fraction of sp³-hybridized carbons (Fsp3) is 0.474. The molecule has 14 heteroatoms. The summed E-state index contributed by atoms with van der Waals surface area (Å²) >= 11 is 0. The molecule has 0 aliphatic rings. The number of rotatable bonds is 9. The minimum absolute atomic E-state index is 0.0660. The van der Waals surface area contributed by atoms with E-state index >= 15 is 0 Å². The van der Waals surface area contributed by atoms with E-state index in [-0.39, 0.29) is 39.7 Å². The molecule has 8 N–H and O–H groups in total. The van der Waals surface area contributed by atoms with Gasteiger partial charge < -0.3 is 26.6 Å². The molecule has 1 unspecified atom stereocenters. The van der Waals surface area contributed by atoms with Gasteiger partial charge in [0.2, 0.25) is 5.96 Å². The number of amides is 1. The number of carbonyl (C=O) groups is 2. The Labute approximate surface area is 192 Å². The second-order valence-electron chi connectivity index (χ2n) is 8.10. The summed E-state index contributed by atoms with van der Waals surface area (Å²) in [7, 11) is -4.69. The number of aryl methyl sites for hydroxylation is 1. The Morgan fingerprint density at radius 3 is 2.15 bits per heavy atom. The van der Waals surface area contributed by atoms with Crippen molar-refractivity contribution in [3.63, 3.8) is 0 Å². The van der Waals surface area contributed by atoms with Gasteiger partial charge in [-0.25, -0.2) is 13.2 Å². The summed E-state index contributed by atoms with van der Waals surface area (Å²) < 4.78 is 32.5. The van der Waals surface area contributed by atoms with Crippen molar-refractivity contribution >= 4 is 34.0 Å². The Kier molecular flexibility index (Phi) is 9.18. The quantitative estimate of drug-likeness (QED) is 0.126. The molecule has 13 nitrogen and oxygen atoms in total. The molecule has 0 aromatic heterocycles. The van der Waals surface area contributed by atoms with Crippen molar-refractivity contribution in [3.8, 4) is 0 Å². The highest BCUT2D eigenvalue weighted by Gasteiger charge is 2.45. The number of nitrogens with one attached hydrogen (secondary N) is 3. The van der Waals surface area contributed by atoms with Crippen molar-refractivity contribution in [2.75, 3.05) is 6.54 Å². The summed E-state index contributed by atoms with van der Waals surface area (Å²) in [5.41, 5.74) is 10.4. The van der Waals surface area contributed by atoms with E-state index in [4.69, 9.17) is 27.0 Å². The zero-order valence-electron chi connectivity index (χ0n) is 19.0. The van der Waals surface area contributed by atoms with Crippen molar-refractivity contribution in [2.24, 2.45) is 11.5 Å². The number of benzene rings is 1. The first-order chi connectivity index (χ1) is 15.1. The number of sulfonamides is 1. The zero-order chi connectivity index (χ0) is 25.6. The first kappa shape index (κ1) is 27.6. The van der Waals surface area contributed by atoms with Crippen LogP contribution >= 0.6 is 0 Å². The molecular formula is C19H31N7O6S. The summed E-state index contributed by atoms with van der Waals surface area (Å²) in [6, 6.07) is 3.68. The van der Waals surface area contributed by atoms with Gasteiger partial charge in [-0.1, -0.05) is 22.1 Å². The Morgan fingerprint density at radius 2 is 1.73 bits per heavy atom. The van der Waals surface area contributed by atoms with Crippen LogP contribution in [0.2, 0.25) is 0 Å². The monoisotopic (exact) mass is 485 g/mol. The van der Waals surface area contributed by atoms with Crippen LogP contribution in [-0.2, 0) is 19.6 Å². The van der Waals surface area contributed by atoms with Gasteiger partial charge in [-0.05, 0) is 52.7 Å². The lowest BCUT2D eigenvalue weighted by Gasteiger charge is -2.36. The molecule has 0 fully saturated rings. The number of hydrogen-bond donors (Lipinski definition) is 6. The molecule has 0 heterocycles. The Morgan fingerprint density at radius 1 is 1.18 bits per heavy atom. The van der Waals surface area contributed by atoms with Crippen molar-refractivity contribution < 1.29 is 27.9 Å². The number of hydrazine groups is 1. The van der Waals surface area contributed by atoms with Crippen LogP contribution < -0.4 is 16.8 Å². The van der Waals surface area contributed by atoms with Crippen molar-refractivity contribution in [1.82, 2.24) is 14.7 Å². The maximum Gasteiger partial charge on any atom is 0.433 e. The molecule has 0 radical (unpaired) electrons. The van der Waals surface area contributed by atoms with Gasteiger partial charge in [0, 0.05) is 6.54 Å². The molecule has 1 amide bonds. The van der Waals surface area contributed by atoms with E-state index in [0.29, 0.717) is 0 Å². The zero-order valence-corrected chi connectivity index (χ0v) is 19.8. The Hall–Kier alpha value is -3.39. The van der Waals surface area contributed by atoms with E-state index in [9.17, 15) is 23.1 Å². The number of ether oxygens (including phenoxy) is 1. The number of nitrogens with two attached hydrogens (primary N) is 2. The SMILES string of the molecule is Cc1ccc(S(=O)(=O)N(C(CCCNC(=N)N)C(=O)O)N(C(=N)N)C(=O)OC(C)(C)C)cc1. The van der Waals surface area contributed by atoms with Crippen LogP contribution in [0, 0.1) is 17.7 Å². The van der Waals surface area contributed by atoms with Crippen molar-refractivity contribution in [1.29, 1.82) is 10.8 Å². The van der Waals surface area contributed by atoms with Crippen molar-refractivity contribution in [3.05, 3.63) is 29.8 Å². The summed E-state index contributed by atoms with van der Waals surface area (Å²) in [6.45, 7) is 6.36. The van der Waals surface area contributed by atoms with Gasteiger partial charge in [0.05, 0.1) is 4.90 Å². The molecule has 33 heavy (non-hydrogen) atoms. The molecule has 0 aliphatic heterocycles. The predicted octanol–water partition coefficient (Wildman–Crippen LogP) is 0.748. The van der Waals surface area contributed by atoms with E-state index in [0.717, 1.165) is 5.56 Å². The number of carbonyl (C=O) groups excluding carboxylic acids is 1. The maximum absolute atomic E-state index is 13.5. The summed E-state index contributed by atoms with van der Waals surface area (Å²) in [5, 5.41) is 27.6. The maximum atomic E-state index is 13.5. The average Bonchev–Trinajstić information content (AvgIpc) is 2.64. The van der Waals surface area contributed by atoms with Crippen LogP contribution in [0.1, 0.15) is 39.2 Å². The van der Waals surface area contributed by atoms with E-state index in [1.807, 2.05) is 0 Å². The van der Waals surface area contributed by atoms with Gasteiger partial charge >= 0.3 is 12.1 Å². The second-order valence-corrected chi connectivity index (χ2v) is 9.90. The third kappa shape index (κ3) is 7.91. The molecular weight excluding hydrogens is 454 g/mol. The number of carboxylic acid groups (broad SMARTS) is 1. The van der Waals surface area contributed by atoms with E-state index in [2.05, 4.69) is 5.32 Å². The molecule has 1 aromatic carbocycles. The molecule has 1 rings (SSSR count). The number of hydrogen-bond acceptors (Lipinski definition) is 7. The minimum atomic E-state index is -4.69. The Balaban J connectivity index is 3.60. The van der Waals surface area contributed by atoms with Gasteiger partial charge in [0.25, 0.3) is 10.0 Å². The standard InChI is InChI=1S/C19H31N7O6S/c1-12-7-9-13(10-8-12)33(30,31)26(14(15(27)28)6-5-11-24-16(20)21)25(17(22)23)18(29)32-19(2,3)4/h7-10,14H,5-6,11H2,1-4H3,(H3,22,23)(H,27,28)(H4,20,21,24). The normalized spacial score (nSPS) is 12.6. The highest BCUT2D eigenvalue weighted by molar-refractivity contribution is 7.89. The van der Waals surface area contributed by atoms with Gasteiger partial charge in [-0.15, -0.1) is 0 Å². The highest BCUT2D eigenvalue weighted by Crippen LogP contribution is 2.25. The first-order valence-corrected chi connectivity index (χ1v) is 11.3. The van der Waals surface area contributed by atoms with Gasteiger partial charge in [0.1, 0.15) is 11.6 Å². The van der Waals surface area contributed by atoms with Crippen LogP contribution in [0.3, 0.4) is 0 Å². The van der Waals surface area contributed by atoms with Crippen LogP contribution in [0.5, 0.6) is 0 Å². The lowest BCUT2D eigenvalue weighted by molar-refractivity contribution is -0.144. The molecule has 1 aromatic rings. The van der Waals surface area contributed by atoms with Gasteiger partial charge in [-0.3, -0.25) is 15.6 Å². The molecule has 0 aliphatic carbocycles. The first-order valence-electron chi connectivity index (χ1n) is 9.86. The van der Waals surface area contributed by atoms with Crippen molar-refractivity contribution in [2.45, 2.75) is 57.1 Å². The smallest absolute Gasteiger partial charge is 0.433 e. The number of nitrogens with zero attached hydrogens (tertiary/aromatic N) is 2. The molecule has 0 saturated heterocycles. The number of guanidine groups is 2. The third-order valence-corrected chi connectivity index (χ3v) is 5.86. The molecule has 1 atom stereocenters. The van der Waals surface area contributed by atoms with Crippen LogP contribution in [0.15, 0.2) is 29.2 Å². The fourth-order valence-corrected chi connectivity index (χ4v) is 4.27. The molecule has 0 saturated carbocycles. The summed E-state index contributed by atoms with van der Waals surface area (Å²) in [6.07, 6.45) is -1.57. The lowest BCUT2D eigenvalue weighted by Crippen LogP contribution is -2.61. The molecule has 0 bridgehead atoms. The topological polar surface area (TPSA) is 216 Å². The fourth-order valence-electron chi connectivity index (χ4n) is 2.67. The van der Waals surface area contributed by atoms with Gasteiger partial charge in [-0.2, -0.15) is 5.01 Å². The van der Waals surface area contributed by atoms with Crippen LogP contribution in [-0.4, -0.2) is 65.1 Å². The van der Waals surface area contributed by atoms with Crippen LogP contribution in [0.4, 0.5) is 4.79 Å². The number of carboxylic acids is 1.